The van der Waals surface area contributed by atoms with Crippen LogP contribution in [0.25, 0.3) is 0 Å². The van der Waals surface area contributed by atoms with E-state index in [1.165, 1.54) is 0 Å². The summed E-state index contributed by atoms with van der Waals surface area (Å²) in [6.07, 6.45) is 0.113. The summed E-state index contributed by atoms with van der Waals surface area (Å²) in [5.41, 5.74) is 7.61. The van der Waals surface area contributed by atoms with E-state index in [1.54, 1.807) is 11.3 Å². The molecule has 0 aliphatic carbocycles. The Morgan fingerprint density at radius 2 is 2.16 bits per heavy atom. The van der Waals surface area contributed by atoms with E-state index >= 15 is 0 Å². The van der Waals surface area contributed by atoms with Crippen LogP contribution in [0.4, 0.5) is 11.4 Å². The molecule has 0 saturated carbocycles. The standard InChI is InChI=1S/C14H17ClN2OS/c1-9(2)18-13-4-3-10(7-11(13)15)17-8-14-12(16)5-6-19-14/h3-7,9,17H,8,16H2,1-2H3. The van der Waals surface area contributed by atoms with Crippen LogP contribution in [0.3, 0.4) is 0 Å². The molecular formula is C14H17ClN2OS. The average molecular weight is 297 g/mol. The lowest BCUT2D eigenvalue weighted by Gasteiger charge is -2.13. The van der Waals surface area contributed by atoms with E-state index in [1.807, 2.05) is 43.5 Å². The summed E-state index contributed by atoms with van der Waals surface area (Å²) in [4.78, 5) is 1.12. The molecule has 2 rings (SSSR count). The molecule has 102 valence electrons. The molecule has 5 heteroatoms. The van der Waals surface area contributed by atoms with Gasteiger partial charge in [-0.1, -0.05) is 11.6 Å². The van der Waals surface area contributed by atoms with Gasteiger partial charge in [-0.3, -0.25) is 0 Å². The highest BCUT2D eigenvalue weighted by atomic mass is 35.5. The lowest BCUT2D eigenvalue weighted by Crippen LogP contribution is -2.06. The fourth-order valence-electron chi connectivity index (χ4n) is 1.64. The minimum absolute atomic E-state index is 0.113. The Morgan fingerprint density at radius 1 is 1.37 bits per heavy atom. The van der Waals surface area contributed by atoms with Gasteiger partial charge >= 0.3 is 0 Å². The summed E-state index contributed by atoms with van der Waals surface area (Å²) in [7, 11) is 0. The molecule has 3 N–H and O–H groups in total. The van der Waals surface area contributed by atoms with Gasteiger partial charge in [0.25, 0.3) is 0 Å². The topological polar surface area (TPSA) is 47.3 Å². The minimum atomic E-state index is 0.113. The Bertz CT molecular complexity index is 554. The molecule has 0 radical (unpaired) electrons. The van der Waals surface area contributed by atoms with Crippen molar-refractivity contribution in [2.45, 2.75) is 26.5 Å². The maximum atomic E-state index is 6.18. The number of thiophene rings is 1. The maximum Gasteiger partial charge on any atom is 0.138 e. The van der Waals surface area contributed by atoms with E-state index in [0.29, 0.717) is 17.3 Å². The van der Waals surface area contributed by atoms with Gasteiger partial charge < -0.3 is 15.8 Å². The number of hydrogen-bond acceptors (Lipinski definition) is 4. The quantitative estimate of drug-likeness (QED) is 0.860. The second-order valence-corrected chi connectivity index (χ2v) is 5.87. The van der Waals surface area contributed by atoms with Crippen molar-refractivity contribution in [3.05, 3.63) is 39.5 Å². The van der Waals surface area contributed by atoms with Crippen LogP contribution in [0.2, 0.25) is 5.02 Å². The van der Waals surface area contributed by atoms with Crippen LogP contribution in [0.1, 0.15) is 18.7 Å². The fourth-order valence-corrected chi connectivity index (χ4v) is 2.60. The van der Waals surface area contributed by atoms with E-state index in [2.05, 4.69) is 5.32 Å². The highest BCUT2D eigenvalue weighted by molar-refractivity contribution is 7.10. The number of anilines is 2. The number of hydrogen-bond donors (Lipinski definition) is 2. The summed E-state index contributed by atoms with van der Waals surface area (Å²) < 4.78 is 5.59. The number of rotatable bonds is 5. The molecule has 0 aliphatic heterocycles. The second kappa shape index (κ2) is 6.17. The van der Waals surface area contributed by atoms with Gasteiger partial charge in [0.1, 0.15) is 5.75 Å². The van der Waals surface area contributed by atoms with Crippen molar-refractivity contribution in [1.82, 2.24) is 0 Å². The number of nitrogens with two attached hydrogens (primary N) is 1. The molecule has 0 aliphatic rings. The van der Waals surface area contributed by atoms with Crippen LogP contribution < -0.4 is 15.8 Å². The number of nitrogen functional groups attached to an aromatic ring is 1. The third-order valence-corrected chi connectivity index (χ3v) is 3.76. The molecule has 0 saturated heterocycles. The van der Waals surface area contributed by atoms with Crippen LogP contribution in [-0.2, 0) is 6.54 Å². The molecule has 19 heavy (non-hydrogen) atoms. The van der Waals surface area contributed by atoms with Gasteiger partial charge in [0.15, 0.2) is 0 Å². The lowest BCUT2D eigenvalue weighted by atomic mass is 10.3. The first kappa shape index (κ1) is 14.0. The molecule has 1 aromatic carbocycles. The molecule has 1 heterocycles. The Hall–Kier alpha value is -1.39. The van der Waals surface area contributed by atoms with E-state index in [9.17, 15) is 0 Å². The van der Waals surface area contributed by atoms with Gasteiger partial charge in [-0.2, -0.15) is 0 Å². The Kier molecular flexibility index (Phi) is 4.56. The van der Waals surface area contributed by atoms with Crippen LogP contribution in [-0.4, -0.2) is 6.10 Å². The molecule has 1 aromatic heterocycles. The first-order chi connectivity index (χ1) is 9.06. The highest BCUT2D eigenvalue weighted by Gasteiger charge is 2.06. The summed E-state index contributed by atoms with van der Waals surface area (Å²) >= 11 is 7.82. The molecular weight excluding hydrogens is 280 g/mol. The maximum absolute atomic E-state index is 6.18. The molecule has 0 unspecified atom stereocenters. The third-order valence-electron chi connectivity index (χ3n) is 2.53. The van der Waals surface area contributed by atoms with E-state index in [4.69, 9.17) is 22.1 Å². The molecule has 0 amide bonds. The summed E-state index contributed by atoms with van der Waals surface area (Å²) in [6.45, 7) is 4.65. The van der Waals surface area contributed by atoms with Crippen molar-refractivity contribution in [2.24, 2.45) is 0 Å². The van der Waals surface area contributed by atoms with Crippen molar-refractivity contribution in [3.63, 3.8) is 0 Å². The van der Waals surface area contributed by atoms with Crippen LogP contribution in [0, 0.1) is 0 Å². The lowest BCUT2D eigenvalue weighted by molar-refractivity contribution is 0.242. The average Bonchev–Trinajstić information content (AvgIpc) is 2.75. The number of benzene rings is 1. The Morgan fingerprint density at radius 3 is 2.74 bits per heavy atom. The SMILES string of the molecule is CC(C)Oc1ccc(NCc2sccc2N)cc1Cl. The Labute approximate surface area is 122 Å². The summed E-state index contributed by atoms with van der Waals surface area (Å²) in [5.74, 6) is 0.706. The van der Waals surface area contributed by atoms with Gasteiger partial charge in [0.05, 0.1) is 17.7 Å². The first-order valence-electron chi connectivity index (χ1n) is 6.08. The highest BCUT2D eigenvalue weighted by Crippen LogP contribution is 2.29. The van der Waals surface area contributed by atoms with Gasteiger partial charge in [-0.05, 0) is 43.5 Å². The number of ether oxygens (including phenoxy) is 1. The molecule has 2 aromatic rings. The van der Waals surface area contributed by atoms with Crippen molar-refractivity contribution >= 4 is 34.3 Å². The smallest absolute Gasteiger partial charge is 0.138 e. The van der Waals surface area contributed by atoms with Crippen molar-refractivity contribution in [2.75, 3.05) is 11.1 Å². The predicted molar refractivity (Wildman–Crippen MR) is 83.3 cm³/mol. The van der Waals surface area contributed by atoms with Crippen molar-refractivity contribution < 1.29 is 4.74 Å². The molecule has 0 bridgehead atoms. The second-order valence-electron chi connectivity index (χ2n) is 4.46. The summed E-state index contributed by atoms with van der Waals surface area (Å²) in [6, 6.07) is 7.60. The zero-order valence-electron chi connectivity index (χ0n) is 10.9. The van der Waals surface area contributed by atoms with Crippen LogP contribution >= 0.6 is 22.9 Å². The normalized spacial score (nSPS) is 10.7. The van der Waals surface area contributed by atoms with Gasteiger partial charge in [0.2, 0.25) is 0 Å². The number of halogens is 1. The van der Waals surface area contributed by atoms with E-state index in [0.717, 1.165) is 16.3 Å². The van der Waals surface area contributed by atoms with Crippen LogP contribution in [0.5, 0.6) is 5.75 Å². The number of nitrogens with one attached hydrogen (secondary N) is 1. The zero-order chi connectivity index (χ0) is 13.8. The third kappa shape index (κ3) is 3.78. The molecule has 0 fully saturated rings. The monoisotopic (exact) mass is 296 g/mol. The van der Waals surface area contributed by atoms with E-state index in [-0.39, 0.29) is 6.10 Å². The van der Waals surface area contributed by atoms with Crippen molar-refractivity contribution in [3.8, 4) is 5.75 Å². The first-order valence-corrected chi connectivity index (χ1v) is 7.34. The molecule has 0 atom stereocenters. The minimum Gasteiger partial charge on any atom is -0.489 e. The van der Waals surface area contributed by atoms with Gasteiger partial charge in [-0.15, -0.1) is 11.3 Å². The fraction of sp³-hybridized carbons (Fsp3) is 0.286. The van der Waals surface area contributed by atoms with Crippen molar-refractivity contribution in [1.29, 1.82) is 0 Å². The Balaban J connectivity index is 2.02. The predicted octanol–water partition coefficient (Wildman–Crippen LogP) is 4.38. The molecule has 0 spiro atoms. The molecule has 3 nitrogen and oxygen atoms in total. The summed E-state index contributed by atoms with van der Waals surface area (Å²) in [5, 5.41) is 5.89. The van der Waals surface area contributed by atoms with Gasteiger partial charge in [0, 0.05) is 16.3 Å². The zero-order valence-corrected chi connectivity index (χ0v) is 12.5. The van der Waals surface area contributed by atoms with Gasteiger partial charge in [-0.25, -0.2) is 0 Å². The van der Waals surface area contributed by atoms with E-state index < -0.39 is 0 Å². The largest absolute Gasteiger partial charge is 0.489 e. The van der Waals surface area contributed by atoms with Crippen LogP contribution in [0.15, 0.2) is 29.6 Å².